The lowest BCUT2D eigenvalue weighted by Gasteiger charge is -2.28. The molecule has 4 rings (SSSR count). The van der Waals surface area contributed by atoms with Crippen molar-refractivity contribution in [2.24, 2.45) is 5.92 Å². The van der Waals surface area contributed by atoms with Gasteiger partial charge in [-0.05, 0) is 59.9 Å². The molecule has 6 nitrogen and oxygen atoms in total. The van der Waals surface area contributed by atoms with Crippen molar-refractivity contribution in [2.45, 2.75) is 33.7 Å². The first-order chi connectivity index (χ1) is 14.4. The van der Waals surface area contributed by atoms with Gasteiger partial charge in [-0.25, -0.2) is 0 Å². The van der Waals surface area contributed by atoms with Crippen LogP contribution in [0.4, 0.5) is 11.5 Å². The fraction of sp³-hybridized carbons (Fsp3) is 0.333. The van der Waals surface area contributed by atoms with Crippen LogP contribution in [-0.2, 0) is 11.3 Å². The Hall–Kier alpha value is -3.28. The first kappa shape index (κ1) is 20.0. The molecule has 0 aliphatic carbocycles. The molecule has 0 spiro atoms. The number of rotatable bonds is 4. The Kier molecular flexibility index (Phi) is 5.24. The normalized spacial score (nSPS) is 14.4. The van der Waals surface area contributed by atoms with Crippen molar-refractivity contribution in [2.75, 3.05) is 24.6 Å². The summed E-state index contributed by atoms with van der Waals surface area (Å²) in [5, 5.41) is 5.52. The molecule has 1 aliphatic heterocycles. The predicted octanol–water partition coefficient (Wildman–Crippen LogP) is 4.16. The molecule has 0 atom stereocenters. The molecule has 0 radical (unpaired) electrons. The van der Waals surface area contributed by atoms with Crippen LogP contribution in [0.2, 0.25) is 0 Å². The van der Waals surface area contributed by atoms with Crippen LogP contribution in [0.25, 0.3) is 27.6 Å². The van der Waals surface area contributed by atoms with Crippen LogP contribution in [-0.4, -0.2) is 33.7 Å². The quantitative estimate of drug-likeness (QED) is 0.640. The van der Waals surface area contributed by atoms with Gasteiger partial charge >= 0.3 is 0 Å². The van der Waals surface area contributed by atoms with E-state index in [0.717, 1.165) is 52.8 Å². The molecule has 156 valence electrons. The summed E-state index contributed by atoms with van der Waals surface area (Å²) in [4.78, 5) is 14.3. The van der Waals surface area contributed by atoms with Crippen molar-refractivity contribution in [3.8, 4) is 11.1 Å². The largest absolute Gasteiger partial charge is 0.399 e. The van der Waals surface area contributed by atoms with Crippen molar-refractivity contribution >= 4 is 33.9 Å². The van der Waals surface area contributed by atoms with Gasteiger partial charge in [0.05, 0.1) is 10.9 Å². The molecule has 1 amide bonds. The van der Waals surface area contributed by atoms with Gasteiger partial charge in [-0.15, -0.1) is 0 Å². The third kappa shape index (κ3) is 3.54. The number of hydrogen-bond acceptors (Lipinski definition) is 4. The van der Waals surface area contributed by atoms with E-state index in [4.69, 9.17) is 11.5 Å². The van der Waals surface area contributed by atoms with Crippen molar-refractivity contribution < 1.29 is 4.79 Å². The molecule has 4 N–H and O–H groups in total. The average Bonchev–Trinajstić information content (AvgIpc) is 3.09. The molecule has 6 heteroatoms. The smallest absolute Gasteiger partial charge is 0.225 e. The minimum absolute atomic E-state index is 0.0234. The zero-order valence-electron chi connectivity index (χ0n) is 17.9. The Morgan fingerprint density at radius 2 is 1.87 bits per heavy atom. The first-order valence-corrected chi connectivity index (χ1v) is 10.5. The number of nitrogens with zero attached hydrogens (tertiary/aromatic N) is 3. The predicted molar refractivity (Wildman–Crippen MR) is 124 cm³/mol. The third-order valence-corrected chi connectivity index (χ3v) is 5.79. The van der Waals surface area contributed by atoms with E-state index in [1.807, 2.05) is 47.7 Å². The molecule has 1 aliphatic rings. The van der Waals surface area contributed by atoms with Crippen molar-refractivity contribution in [1.82, 2.24) is 14.7 Å². The van der Waals surface area contributed by atoms with Gasteiger partial charge in [0, 0.05) is 31.2 Å². The minimum atomic E-state index is 0.0234. The molecule has 0 saturated carbocycles. The van der Waals surface area contributed by atoms with Gasteiger partial charge in [-0.3, -0.25) is 9.48 Å². The number of aromatic nitrogens is 2. The van der Waals surface area contributed by atoms with E-state index in [2.05, 4.69) is 30.2 Å². The third-order valence-electron chi connectivity index (χ3n) is 5.79. The number of nitrogens with two attached hydrogens (primary N) is 2. The number of hydrogen-bond donors (Lipinski definition) is 2. The van der Waals surface area contributed by atoms with Crippen LogP contribution in [0.15, 0.2) is 42.5 Å². The van der Waals surface area contributed by atoms with Crippen molar-refractivity contribution in [1.29, 1.82) is 0 Å². The van der Waals surface area contributed by atoms with Gasteiger partial charge < -0.3 is 16.4 Å². The van der Waals surface area contributed by atoms with Crippen LogP contribution in [0.3, 0.4) is 0 Å². The van der Waals surface area contributed by atoms with E-state index in [0.29, 0.717) is 12.4 Å². The molecule has 3 aromatic rings. The summed E-state index contributed by atoms with van der Waals surface area (Å²) in [7, 11) is 0. The second-order valence-corrected chi connectivity index (χ2v) is 8.16. The molecule has 0 unspecified atom stereocenters. The van der Waals surface area contributed by atoms with Crippen LogP contribution in [0, 0.1) is 5.92 Å². The number of fused-ring (bicyclic) bond motifs is 1. The van der Waals surface area contributed by atoms with Gasteiger partial charge in [0.2, 0.25) is 5.91 Å². The Morgan fingerprint density at radius 3 is 2.47 bits per heavy atom. The highest BCUT2D eigenvalue weighted by molar-refractivity contribution is 6.04. The summed E-state index contributed by atoms with van der Waals surface area (Å²) in [6.45, 7) is 8.10. The maximum absolute atomic E-state index is 12.3. The van der Waals surface area contributed by atoms with Crippen LogP contribution < -0.4 is 11.5 Å². The number of aryl methyl sites for hydroxylation is 1. The van der Waals surface area contributed by atoms with E-state index in [1.165, 1.54) is 5.57 Å². The number of carbonyl (C=O) groups is 1. The molecule has 0 bridgehead atoms. The highest BCUT2D eigenvalue weighted by atomic mass is 16.2. The summed E-state index contributed by atoms with van der Waals surface area (Å²) in [6, 6.07) is 12.2. The van der Waals surface area contributed by atoms with Crippen molar-refractivity contribution in [3.05, 3.63) is 48.0 Å². The summed E-state index contributed by atoms with van der Waals surface area (Å²) in [6.07, 6.45) is 3.01. The Morgan fingerprint density at radius 1 is 1.13 bits per heavy atom. The summed E-state index contributed by atoms with van der Waals surface area (Å²) < 4.78 is 1.95. The summed E-state index contributed by atoms with van der Waals surface area (Å²) in [5.74, 6) is 0.770. The summed E-state index contributed by atoms with van der Waals surface area (Å²) in [5.41, 5.74) is 18.5. The maximum Gasteiger partial charge on any atom is 0.225 e. The van der Waals surface area contributed by atoms with Gasteiger partial charge in [0.15, 0.2) is 5.82 Å². The second kappa shape index (κ2) is 7.86. The van der Waals surface area contributed by atoms with Gasteiger partial charge in [-0.1, -0.05) is 32.1 Å². The fourth-order valence-corrected chi connectivity index (χ4v) is 4.15. The molecule has 30 heavy (non-hydrogen) atoms. The molecule has 0 fully saturated rings. The first-order valence-electron chi connectivity index (χ1n) is 10.5. The number of anilines is 2. The Bertz CT molecular complexity index is 1120. The van der Waals surface area contributed by atoms with Gasteiger partial charge in [0.25, 0.3) is 0 Å². The van der Waals surface area contributed by atoms with Crippen LogP contribution in [0.1, 0.15) is 32.8 Å². The van der Waals surface area contributed by atoms with E-state index in [-0.39, 0.29) is 11.8 Å². The SMILES string of the molecule is CCn1nc(N)c2c(-c3ccc(N)cc3)cc(C3=CCN(C(=O)C(C)C)CC3)cc21. The number of carbonyl (C=O) groups excluding carboxylic acids is 1. The Balaban J connectivity index is 1.82. The van der Waals surface area contributed by atoms with Gasteiger partial charge in [-0.2, -0.15) is 5.10 Å². The highest BCUT2D eigenvalue weighted by Gasteiger charge is 2.22. The van der Waals surface area contributed by atoms with Gasteiger partial charge in [0.1, 0.15) is 0 Å². The summed E-state index contributed by atoms with van der Waals surface area (Å²) >= 11 is 0. The lowest BCUT2D eigenvalue weighted by atomic mass is 9.92. The second-order valence-electron chi connectivity index (χ2n) is 8.16. The van der Waals surface area contributed by atoms with E-state index >= 15 is 0 Å². The van der Waals surface area contributed by atoms with Crippen molar-refractivity contribution in [3.63, 3.8) is 0 Å². The molecular formula is C24H29N5O. The zero-order valence-corrected chi connectivity index (χ0v) is 17.9. The topological polar surface area (TPSA) is 90.2 Å². The lowest BCUT2D eigenvalue weighted by Crippen LogP contribution is -2.37. The fourth-order valence-electron chi connectivity index (χ4n) is 4.15. The average molecular weight is 404 g/mol. The molecule has 2 heterocycles. The van der Waals surface area contributed by atoms with E-state index in [1.54, 1.807) is 0 Å². The minimum Gasteiger partial charge on any atom is -0.399 e. The lowest BCUT2D eigenvalue weighted by molar-refractivity contribution is -0.134. The van der Waals surface area contributed by atoms with E-state index in [9.17, 15) is 4.79 Å². The van der Waals surface area contributed by atoms with E-state index < -0.39 is 0 Å². The highest BCUT2D eigenvalue weighted by Crippen LogP contribution is 2.37. The number of nitrogen functional groups attached to an aromatic ring is 2. The molecule has 1 aromatic heterocycles. The Labute approximate surface area is 177 Å². The zero-order chi connectivity index (χ0) is 21.4. The number of benzene rings is 2. The monoisotopic (exact) mass is 403 g/mol. The molecule has 2 aromatic carbocycles. The molecule has 0 saturated heterocycles. The number of amides is 1. The maximum atomic E-state index is 12.3. The van der Waals surface area contributed by atoms with Crippen LogP contribution >= 0.6 is 0 Å². The standard InChI is InChI=1S/C24H29N5O/c1-4-29-21-14-18(16-9-11-28(12-10-16)24(30)15(2)3)13-20(22(21)23(26)27-29)17-5-7-19(25)8-6-17/h5-9,13-15H,4,10-12,25H2,1-3H3,(H2,26,27). The molecular weight excluding hydrogens is 374 g/mol. The van der Waals surface area contributed by atoms with Crippen LogP contribution in [0.5, 0.6) is 0 Å².